The minimum absolute atomic E-state index is 0.203. The van der Waals surface area contributed by atoms with Crippen molar-refractivity contribution in [2.75, 3.05) is 31.1 Å². The summed E-state index contributed by atoms with van der Waals surface area (Å²) in [6, 6.07) is 6.77. The molecule has 0 spiro atoms. The first-order valence-electron chi connectivity index (χ1n) is 9.88. The normalized spacial score (nSPS) is 17.9. The van der Waals surface area contributed by atoms with Gasteiger partial charge in [-0.3, -0.25) is 4.79 Å². The van der Waals surface area contributed by atoms with Gasteiger partial charge in [0.2, 0.25) is 5.91 Å². The molecule has 154 valence electrons. The van der Waals surface area contributed by atoms with E-state index in [1.165, 1.54) is 12.1 Å². The Kier molecular flexibility index (Phi) is 5.19. The van der Waals surface area contributed by atoms with Gasteiger partial charge in [0.25, 0.3) is 0 Å². The summed E-state index contributed by atoms with van der Waals surface area (Å²) in [6.45, 7) is 4.53. The summed E-state index contributed by atoms with van der Waals surface area (Å²) in [4.78, 5) is 25.4. The van der Waals surface area contributed by atoms with Crippen LogP contribution in [0.25, 0.3) is 11.4 Å². The van der Waals surface area contributed by atoms with Crippen molar-refractivity contribution in [2.45, 2.75) is 32.4 Å². The molecule has 4 rings (SSSR count). The van der Waals surface area contributed by atoms with Gasteiger partial charge in [-0.05, 0) is 31.9 Å². The van der Waals surface area contributed by atoms with Gasteiger partial charge >= 0.3 is 6.18 Å². The van der Waals surface area contributed by atoms with E-state index in [1.54, 1.807) is 0 Å². The number of nitrogens with zero attached hydrogens (tertiary/aromatic N) is 4. The smallest absolute Gasteiger partial charge is 0.353 e. The molecule has 5 nitrogen and oxygen atoms in total. The molecule has 1 saturated carbocycles. The number of rotatable bonds is 3. The SMILES string of the molecule is Cc1cc(N2CCN(C(=O)C3CCC3)CC2)nc(-c2ccc(C(F)(F)F)cc2)n1. The van der Waals surface area contributed by atoms with Crippen LogP contribution in [-0.2, 0) is 11.0 Å². The van der Waals surface area contributed by atoms with Gasteiger partial charge in [-0.1, -0.05) is 18.6 Å². The molecule has 0 radical (unpaired) electrons. The molecule has 1 aromatic carbocycles. The lowest BCUT2D eigenvalue weighted by Crippen LogP contribution is -2.51. The number of carbonyl (C=O) groups excluding carboxylic acids is 1. The van der Waals surface area contributed by atoms with Crippen LogP contribution in [0.3, 0.4) is 0 Å². The maximum Gasteiger partial charge on any atom is 0.416 e. The standard InChI is InChI=1S/C21H23F3N4O/c1-14-13-18(27-9-11-28(12-10-27)20(29)16-3-2-4-16)26-19(25-14)15-5-7-17(8-6-15)21(22,23)24/h5-8,13,16H,2-4,9-12H2,1H3. The Morgan fingerprint density at radius 2 is 1.69 bits per heavy atom. The van der Waals surface area contributed by atoms with Crippen LogP contribution in [0.15, 0.2) is 30.3 Å². The molecule has 1 saturated heterocycles. The highest BCUT2D eigenvalue weighted by atomic mass is 19.4. The van der Waals surface area contributed by atoms with Gasteiger partial charge in [-0.25, -0.2) is 9.97 Å². The van der Waals surface area contributed by atoms with Crippen molar-refractivity contribution in [1.82, 2.24) is 14.9 Å². The van der Waals surface area contributed by atoms with E-state index < -0.39 is 11.7 Å². The first-order chi connectivity index (χ1) is 13.8. The zero-order valence-corrected chi connectivity index (χ0v) is 16.2. The Bertz CT molecular complexity index is 886. The Hall–Kier alpha value is -2.64. The second-order valence-electron chi connectivity index (χ2n) is 7.71. The molecule has 1 aliphatic heterocycles. The van der Waals surface area contributed by atoms with Gasteiger partial charge in [0, 0.05) is 49.4 Å². The third kappa shape index (κ3) is 4.21. The Labute approximate surface area is 167 Å². The molecule has 2 aliphatic rings. The molecule has 2 fully saturated rings. The van der Waals surface area contributed by atoms with Gasteiger partial charge < -0.3 is 9.80 Å². The van der Waals surface area contributed by atoms with E-state index in [0.29, 0.717) is 37.6 Å². The second kappa shape index (κ2) is 7.65. The maximum absolute atomic E-state index is 12.8. The molecule has 1 aliphatic carbocycles. The maximum atomic E-state index is 12.8. The average molecular weight is 404 g/mol. The van der Waals surface area contributed by atoms with Crippen LogP contribution >= 0.6 is 0 Å². The fourth-order valence-electron chi connectivity index (χ4n) is 3.72. The molecule has 2 heterocycles. The summed E-state index contributed by atoms with van der Waals surface area (Å²) in [5.74, 6) is 1.61. The highest BCUT2D eigenvalue weighted by Gasteiger charge is 2.32. The number of benzene rings is 1. The zero-order valence-electron chi connectivity index (χ0n) is 16.2. The highest BCUT2D eigenvalue weighted by molar-refractivity contribution is 5.79. The fraction of sp³-hybridized carbons (Fsp3) is 0.476. The lowest BCUT2D eigenvalue weighted by atomic mass is 9.84. The molecule has 0 N–H and O–H groups in total. The third-order valence-corrected chi connectivity index (χ3v) is 5.68. The van der Waals surface area contributed by atoms with Crippen LogP contribution in [-0.4, -0.2) is 47.0 Å². The molecule has 0 unspecified atom stereocenters. The number of hydrogen-bond donors (Lipinski definition) is 0. The first-order valence-corrected chi connectivity index (χ1v) is 9.88. The molecule has 29 heavy (non-hydrogen) atoms. The number of piperazine rings is 1. The van der Waals surface area contributed by atoms with Crippen LogP contribution in [0.4, 0.5) is 19.0 Å². The number of amides is 1. The summed E-state index contributed by atoms with van der Waals surface area (Å²) in [7, 11) is 0. The van der Waals surface area contributed by atoms with Gasteiger partial charge in [-0.2, -0.15) is 13.2 Å². The van der Waals surface area contributed by atoms with Crippen molar-refractivity contribution in [3.05, 3.63) is 41.6 Å². The van der Waals surface area contributed by atoms with Crippen molar-refractivity contribution < 1.29 is 18.0 Å². The number of aromatic nitrogens is 2. The van der Waals surface area contributed by atoms with Crippen LogP contribution in [0.5, 0.6) is 0 Å². The van der Waals surface area contributed by atoms with Crippen molar-refractivity contribution >= 4 is 11.7 Å². The summed E-state index contributed by atoms with van der Waals surface area (Å²) in [6.07, 6.45) is -1.22. The van der Waals surface area contributed by atoms with E-state index in [1.807, 2.05) is 17.9 Å². The first kappa shape index (κ1) is 19.7. The quantitative estimate of drug-likeness (QED) is 0.778. The molecular formula is C21H23F3N4O. The lowest BCUT2D eigenvalue weighted by molar-refractivity contribution is -0.138. The number of anilines is 1. The van der Waals surface area contributed by atoms with Gasteiger partial charge in [0.05, 0.1) is 5.56 Å². The van der Waals surface area contributed by atoms with Crippen molar-refractivity contribution in [1.29, 1.82) is 0 Å². The van der Waals surface area contributed by atoms with Crippen LogP contribution in [0.2, 0.25) is 0 Å². The van der Waals surface area contributed by atoms with Crippen molar-refractivity contribution in [3.8, 4) is 11.4 Å². The number of alkyl halides is 3. The molecule has 2 aromatic rings. The topological polar surface area (TPSA) is 49.3 Å². The molecule has 0 bridgehead atoms. The van der Waals surface area contributed by atoms with Crippen LogP contribution in [0, 0.1) is 12.8 Å². The predicted molar refractivity (Wildman–Crippen MR) is 103 cm³/mol. The minimum atomic E-state index is -4.37. The van der Waals surface area contributed by atoms with E-state index in [9.17, 15) is 18.0 Å². The largest absolute Gasteiger partial charge is 0.416 e. The monoisotopic (exact) mass is 404 g/mol. The van der Waals surface area contributed by atoms with E-state index in [2.05, 4.69) is 14.9 Å². The number of aryl methyl sites for hydroxylation is 1. The molecular weight excluding hydrogens is 381 g/mol. The Morgan fingerprint density at radius 1 is 1.03 bits per heavy atom. The number of carbonyl (C=O) groups is 1. The molecule has 1 aromatic heterocycles. The van der Waals surface area contributed by atoms with Gasteiger partial charge in [0.1, 0.15) is 5.82 Å². The van der Waals surface area contributed by atoms with Crippen molar-refractivity contribution in [2.24, 2.45) is 5.92 Å². The summed E-state index contributed by atoms with van der Waals surface area (Å²) >= 11 is 0. The minimum Gasteiger partial charge on any atom is -0.353 e. The lowest BCUT2D eigenvalue weighted by Gasteiger charge is -2.38. The van der Waals surface area contributed by atoms with Crippen molar-refractivity contribution in [3.63, 3.8) is 0 Å². The van der Waals surface area contributed by atoms with E-state index in [-0.39, 0.29) is 11.8 Å². The summed E-state index contributed by atoms with van der Waals surface area (Å²) < 4.78 is 38.4. The average Bonchev–Trinajstić information content (AvgIpc) is 2.66. The Morgan fingerprint density at radius 3 is 2.24 bits per heavy atom. The van der Waals surface area contributed by atoms with Gasteiger partial charge in [0.15, 0.2) is 5.82 Å². The Balaban J connectivity index is 1.48. The zero-order chi connectivity index (χ0) is 20.6. The molecule has 1 amide bonds. The van der Waals surface area contributed by atoms with Crippen LogP contribution in [0.1, 0.15) is 30.5 Å². The third-order valence-electron chi connectivity index (χ3n) is 5.68. The van der Waals surface area contributed by atoms with Crippen LogP contribution < -0.4 is 4.90 Å². The second-order valence-corrected chi connectivity index (χ2v) is 7.71. The van der Waals surface area contributed by atoms with Gasteiger partial charge in [-0.15, -0.1) is 0 Å². The van der Waals surface area contributed by atoms with E-state index >= 15 is 0 Å². The van der Waals surface area contributed by atoms with E-state index in [4.69, 9.17) is 0 Å². The highest BCUT2D eigenvalue weighted by Crippen LogP contribution is 2.31. The molecule has 8 heteroatoms. The number of hydrogen-bond acceptors (Lipinski definition) is 4. The fourth-order valence-corrected chi connectivity index (χ4v) is 3.72. The summed E-state index contributed by atoms with van der Waals surface area (Å²) in [5, 5.41) is 0. The number of halogens is 3. The molecule has 0 atom stereocenters. The van der Waals surface area contributed by atoms with E-state index in [0.717, 1.165) is 42.9 Å². The predicted octanol–water partition coefficient (Wildman–Crippen LogP) is 3.92. The summed E-state index contributed by atoms with van der Waals surface area (Å²) in [5.41, 5.74) is 0.598.